The first kappa shape index (κ1) is 23.6. The number of ether oxygens (including phenoxy) is 1. The lowest BCUT2D eigenvalue weighted by Gasteiger charge is -2.38. The van der Waals surface area contributed by atoms with Crippen LogP contribution in [0.2, 0.25) is 0 Å². The average Bonchev–Trinajstić information content (AvgIpc) is 2.82. The van der Waals surface area contributed by atoms with E-state index in [1.54, 1.807) is 19.1 Å². The Kier molecular flexibility index (Phi) is 6.76. The summed E-state index contributed by atoms with van der Waals surface area (Å²) in [5.41, 5.74) is 0.515. The van der Waals surface area contributed by atoms with Crippen LogP contribution in [0.15, 0.2) is 55.1 Å². The zero-order valence-electron chi connectivity index (χ0n) is 18.2. The Morgan fingerprint density at radius 3 is 2.59 bits per heavy atom. The monoisotopic (exact) mass is 474 g/mol. The first-order valence-electron chi connectivity index (χ1n) is 10.8. The van der Waals surface area contributed by atoms with Crippen molar-refractivity contribution in [1.82, 2.24) is 15.0 Å². The minimum atomic E-state index is -2.84. The second-order valence-electron chi connectivity index (χ2n) is 8.33. The second kappa shape index (κ2) is 9.74. The Balaban J connectivity index is 1.38. The van der Waals surface area contributed by atoms with Gasteiger partial charge in [-0.1, -0.05) is 6.92 Å². The van der Waals surface area contributed by atoms with Gasteiger partial charge in [0, 0.05) is 36.7 Å². The van der Waals surface area contributed by atoms with E-state index < -0.39 is 35.3 Å². The zero-order chi connectivity index (χ0) is 24.3. The molecule has 0 spiro atoms. The SMILES string of the molecule is CC(C(=O)Nc1ccc(Oc2ncc(F)cc2F)cn1)[C@H]1CCC(F)(F)[C@@H](c2ccncc2)C1. The van der Waals surface area contributed by atoms with Crippen LogP contribution in [-0.2, 0) is 4.79 Å². The lowest BCUT2D eigenvalue weighted by atomic mass is 9.71. The number of aromatic nitrogens is 3. The summed E-state index contributed by atoms with van der Waals surface area (Å²) in [6.45, 7) is 1.72. The maximum Gasteiger partial charge on any atom is 0.256 e. The fourth-order valence-corrected chi connectivity index (χ4v) is 4.13. The van der Waals surface area contributed by atoms with Crippen LogP contribution < -0.4 is 10.1 Å². The van der Waals surface area contributed by atoms with Crippen molar-refractivity contribution in [2.24, 2.45) is 11.8 Å². The lowest BCUT2D eigenvalue weighted by Crippen LogP contribution is -2.38. The molecule has 0 aromatic carbocycles. The van der Waals surface area contributed by atoms with Crippen LogP contribution in [0.5, 0.6) is 11.6 Å². The summed E-state index contributed by atoms with van der Waals surface area (Å²) in [7, 11) is 0. The van der Waals surface area contributed by atoms with Crippen molar-refractivity contribution in [3.8, 4) is 11.6 Å². The number of rotatable bonds is 6. The molecule has 4 rings (SSSR count). The molecule has 10 heteroatoms. The molecule has 1 aliphatic rings. The van der Waals surface area contributed by atoms with Crippen LogP contribution in [0, 0.1) is 23.5 Å². The first-order chi connectivity index (χ1) is 16.2. The fraction of sp³-hybridized carbons (Fsp3) is 0.333. The van der Waals surface area contributed by atoms with Crippen LogP contribution >= 0.6 is 0 Å². The average molecular weight is 474 g/mol. The summed E-state index contributed by atoms with van der Waals surface area (Å²) in [4.78, 5) is 24.3. The highest BCUT2D eigenvalue weighted by molar-refractivity contribution is 5.91. The fourth-order valence-electron chi connectivity index (χ4n) is 4.13. The third kappa shape index (κ3) is 5.32. The number of nitrogens with one attached hydrogen (secondary N) is 1. The van der Waals surface area contributed by atoms with Crippen molar-refractivity contribution in [1.29, 1.82) is 0 Å². The third-order valence-corrected chi connectivity index (χ3v) is 6.10. The van der Waals surface area contributed by atoms with Crippen LogP contribution in [0.25, 0.3) is 0 Å². The molecule has 1 saturated carbocycles. The standard InChI is InChI=1S/C24H22F4N4O2/c1-14(16-4-7-24(27,28)19(10-16)15-5-8-29-9-6-15)22(33)32-21-3-2-18(13-30-21)34-23-20(26)11-17(25)12-31-23/h2-3,5-6,8-9,11-14,16,19H,4,7,10H2,1H3,(H,30,32,33)/t14?,16-,19+/m0/s1. The minimum absolute atomic E-state index is 0.138. The summed E-state index contributed by atoms with van der Waals surface area (Å²) in [6, 6.07) is 6.72. The number of carbonyl (C=O) groups is 1. The third-order valence-electron chi connectivity index (χ3n) is 6.10. The Morgan fingerprint density at radius 1 is 1.15 bits per heavy atom. The molecule has 34 heavy (non-hydrogen) atoms. The van der Waals surface area contributed by atoms with E-state index in [1.165, 1.54) is 30.7 Å². The molecule has 0 saturated heterocycles. The van der Waals surface area contributed by atoms with Gasteiger partial charge in [-0.2, -0.15) is 0 Å². The molecule has 1 unspecified atom stereocenters. The molecule has 178 valence electrons. The number of pyridine rings is 3. The molecule has 3 atom stereocenters. The molecule has 1 aliphatic carbocycles. The molecular weight excluding hydrogens is 452 g/mol. The summed E-state index contributed by atoms with van der Waals surface area (Å²) in [6.07, 6.45) is 5.19. The topological polar surface area (TPSA) is 77.0 Å². The van der Waals surface area contributed by atoms with E-state index in [0.717, 1.165) is 6.20 Å². The van der Waals surface area contributed by atoms with Gasteiger partial charge in [-0.15, -0.1) is 0 Å². The van der Waals surface area contributed by atoms with Gasteiger partial charge in [-0.3, -0.25) is 9.78 Å². The van der Waals surface area contributed by atoms with Crippen molar-refractivity contribution >= 4 is 11.7 Å². The Labute approximate surface area is 193 Å². The number of hydrogen-bond donors (Lipinski definition) is 1. The van der Waals surface area contributed by atoms with Crippen molar-refractivity contribution in [3.63, 3.8) is 0 Å². The van der Waals surface area contributed by atoms with Crippen LogP contribution in [-0.4, -0.2) is 26.8 Å². The van der Waals surface area contributed by atoms with Crippen LogP contribution in [0.3, 0.4) is 0 Å². The summed E-state index contributed by atoms with van der Waals surface area (Å²) < 4.78 is 61.1. The summed E-state index contributed by atoms with van der Waals surface area (Å²) in [5, 5.41) is 2.68. The molecule has 3 aromatic heterocycles. The number of amides is 1. The van der Waals surface area contributed by atoms with E-state index in [4.69, 9.17) is 4.74 Å². The van der Waals surface area contributed by atoms with Gasteiger partial charge in [-0.25, -0.2) is 27.5 Å². The molecule has 1 fully saturated rings. The van der Waals surface area contributed by atoms with Gasteiger partial charge in [0.1, 0.15) is 17.4 Å². The van der Waals surface area contributed by atoms with E-state index in [-0.39, 0.29) is 42.7 Å². The van der Waals surface area contributed by atoms with Crippen LogP contribution in [0.1, 0.15) is 37.7 Å². The van der Waals surface area contributed by atoms with Crippen molar-refractivity contribution in [3.05, 3.63) is 72.3 Å². The van der Waals surface area contributed by atoms with Crippen molar-refractivity contribution in [2.45, 2.75) is 38.0 Å². The molecule has 0 radical (unpaired) electrons. The predicted molar refractivity (Wildman–Crippen MR) is 116 cm³/mol. The smallest absolute Gasteiger partial charge is 0.256 e. The lowest BCUT2D eigenvalue weighted by molar-refractivity contribution is -0.124. The van der Waals surface area contributed by atoms with E-state index >= 15 is 0 Å². The van der Waals surface area contributed by atoms with E-state index in [9.17, 15) is 22.4 Å². The molecule has 3 heterocycles. The van der Waals surface area contributed by atoms with E-state index in [1.807, 2.05) is 0 Å². The van der Waals surface area contributed by atoms with Gasteiger partial charge in [0.15, 0.2) is 5.82 Å². The molecule has 1 amide bonds. The first-order valence-corrected chi connectivity index (χ1v) is 10.8. The number of alkyl halides is 2. The Hall–Kier alpha value is -3.56. The highest BCUT2D eigenvalue weighted by Gasteiger charge is 2.47. The molecule has 3 aromatic rings. The zero-order valence-corrected chi connectivity index (χ0v) is 18.2. The largest absolute Gasteiger partial charge is 0.435 e. The number of anilines is 1. The molecule has 6 nitrogen and oxygen atoms in total. The number of halogens is 4. The van der Waals surface area contributed by atoms with Gasteiger partial charge in [0.25, 0.3) is 11.8 Å². The number of hydrogen-bond acceptors (Lipinski definition) is 5. The van der Waals surface area contributed by atoms with Crippen molar-refractivity contribution < 1.29 is 27.1 Å². The molecular formula is C24H22F4N4O2. The maximum absolute atomic E-state index is 14.6. The minimum Gasteiger partial charge on any atom is -0.435 e. The molecule has 1 N–H and O–H groups in total. The van der Waals surface area contributed by atoms with Gasteiger partial charge in [0.05, 0.1) is 12.4 Å². The summed E-state index contributed by atoms with van der Waals surface area (Å²) >= 11 is 0. The van der Waals surface area contributed by atoms with E-state index in [2.05, 4.69) is 20.3 Å². The highest BCUT2D eigenvalue weighted by atomic mass is 19.3. The highest BCUT2D eigenvalue weighted by Crippen LogP contribution is 2.48. The quantitative estimate of drug-likeness (QED) is 0.462. The maximum atomic E-state index is 14.6. The van der Waals surface area contributed by atoms with Gasteiger partial charge >= 0.3 is 0 Å². The van der Waals surface area contributed by atoms with Crippen LogP contribution in [0.4, 0.5) is 23.4 Å². The second-order valence-corrected chi connectivity index (χ2v) is 8.33. The molecule has 0 aliphatic heterocycles. The number of carbonyl (C=O) groups excluding carboxylic acids is 1. The van der Waals surface area contributed by atoms with Gasteiger partial charge in [0.2, 0.25) is 5.91 Å². The van der Waals surface area contributed by atoms with Crippen molar-refractivity contribution in [2.75, 3.05) is 5.32 Å². The van der Waals surface area contributed by atoms with E-state index in [0.29, 0.717) is 11.6 Å². The Bertz CT molecular complexity index is 1150. The number of nitrogens with zero attached hydrogens (tertiary/aromatic N) is 3. The van der Waals surface area contributed by atoms with Gasteiger partial charge < -0.3 is 10.1 Å². The normalized spacial score (nSPS) is 20.4. The Morgan fingerprint density at radius 2 is 1.91 bits per heavy atom. The summed E-state index contributed by atoms with van der Waals surface area (Å²) in [5.74, 6) is -6.74. The predicted octanol–water partition coefficient (Wildman–Crippen LogP) is 5.74. The van der Waals surface area contributed by atoms with Gasteiger partial charge in [-0.05, 0) is 48.6 Å². The molecule has 0 bridgehead atoms.